The van der Waals surface area contributed by atoms with Crippen LogP contribution in [0.4, 0.5) is 0 Å². The summed E-state index contributed by atoms with van der Waals surface area (Å²) in [6, 6.07) is 8.41. The van der Waals surface area contributed by atoms with Gasteiger partial charge in [0.1, 0.15) is 0 Å². The van der Waals surface area contributed by atoms with Crippen molar-refractivity contribution in [2.45, 2.75) is 6.54 Å². The Labute approximate surface area is 169 Å². The van der Waals surface area contributed by atoms with E-state index in [0.717, 1.165) is 4.70 Å². The summed E-state index contributed by atoms with van der Waals surface area (Å²) in [5.74, 6) is 2.84. The number of rotatable bonds is 4. The van der Waals surface area contributed by atoms with Crippen LogP contribution in [0.3, 0.4) is 0 Å². The third-order valence-corrected chi connectivity index (χ3v) is 5.31. The Hall–Kier alpha value is -2.46. The smallest absolute Gasteiger partial charge is 0.283 e. The van der Waals surface area contributed by atoms with Gasteiger partial charge in [-0.3, -0.25) is 4.79 Å². The van der Waals surface area contributed by atoms with Crippen molar-refractivity contribution in [3.63, 3.8) is 0 Å². The first-order chi connectivity index (χ1) is 13.0. The van der Waals surface area contributed by atoms with E-state index in [9.17, 15) is 4.79 Å². The van der Waals surface area contributed by atoms with E-state index in [4.69, 9.17) is 39.1 Å². The van der Waals surface area contributed by atoms with Crippen molar-refractivity contribution in [1.82, 2.24) is 4.57 Å². The van der Waals surface area contributed by atoms with Gasteiger partial charge in [-0.1, -0.05) is 46.5 Å². The molecule has 0 spiro atoms. The van der Waals surface area contributed by atoms with E-state index in [1.165, 1.54) is 25.6 Å². The predicted octanol–water partition coefficient (Wildman–Crippen LogP) is 4.40. The summed E-state index contributed by atoms with van der Waals surface area (Å²) in [4.78, 5) is 17.5. The number of nitrogens with zero attached hydrogens (tertiary/aromatic N) is 2. The molecule has 0 aliphatic heterocycles. The Morgan fingerprint density at radius 1 is 1.30 bits per heavy atom. The molecule has 8 heteroatoms. The molecule has 3 rings (SSSR count). The molecule has 3 aromatic rings. The highest BCUT2D eigenvalue weighted by molar-refractivity contribution is 7.16. The molecule has 0 bridgehead atoms. The number of ether oxygens (including phenoxy) is 2. The second-order valence-corrected chi connectivity index (χ2v) is 7.22. The molecule has 0 saturated heterocycles. The number of terminal acetylenes is 1. The van der Waals surface area contributed by atoms with Crippen LogP contribution in [0.25, 0.3) is 10.2 Å². The van der Waals surface area contributed by atoms with Crippen molar-refractivity contribution in [1.29, 1.82) is 0 Å². The Kier molecular flexibility index (Phi) is 5.76. The quantitative estimate of drug-likeness (QED) is 0.587. The number of hydrogen-bond acceptors (Lipinski definition) is 4. The fourth-order valence-corrected chi connectivity index (χ4v) is 4.47. The zero-order valence-corrected chi connectivity index (χ0v) is 16.8. The summed E-state index contributed by atoms with van der Waals surface area (Å²) in [6.45, 7) is 0.211. The predicted molar refractivity (Wildman–Crippen MR) is 108 cm³/mol. The van der Waals surface area contributed by atoms with Crippen molar-refractivity contribution in [2.24, 2.45) is 4.99 Å². The summed E-state index contributed by atoms with van der Waals surface area (Å²) in [5.41, 5.74) is 0.971. The zero-order chi connectivity index (χ0) is 19.6. The van der Waals surface area contributed by atoms with Crippen LogP contribution in [-0.2, 0) is 6.54 Å². The van der Waals surface area contributed by atoms with Crippen molar-refractivity contribution >= 4 is 50.7 Å². The molecule has 1 amide bonds. The molecule has 1 aromatic heterocycles. The summed E-state index contributed by atoms with van der Waals surface area (Å²) < 4.78 is 13.0. The first-order valence-corrected chi connectivity index (χ1v) is 9.29. The fraction of sp³-hybridized carbons (Fsp3) is 0.158. The van der Waals surface area contributed by atoms with Gasteiger partial charge in [-0.2, -0.15) is 4.99 Å². The lowest BCUT2D eigenvalue weighted by atomic mass is 10.2. The van der Waals surface area contributed by atoms with Crippen LogP contribution in [0.2, 0.25) is 10.0 Å². The minimum absolute atomic E-state index is 0.211. The molecule has 2 aromatic carbocycles. The van der Waals surface area contributed by atoms with Crippen LogP contribution in [0.5, 0.6) is 11.5 Å². The van der Waals surface area contributed by atoms with Gasteiger partial charge >= 0.3 is 0 Å². The van der Waals surface area contributed by atoms with Crippen molar-refractivity contribution in [3.05, 3.63) is 50.7 Å². The van der Waals surface area contributed by atoms with E-state index < -0.39 is 5.91 Å². The summed E-state index contributed by atoms with van der Waals surface area (Å²) in [7, 11) is 2.97. The van der Waals surface area contributed by atoms with Crippen molar-refractivity contribution < 1.29 is 14.3 Å². The molecule has 0 fully saturated rings. The van der Waals surface area contributed by atoms with Crippen LogP contribution in [0, 0.1) is 12.3 Å². The number of halogens is 2. The zero-order valence-electron chi connectivity index (χ0n) is 14.5. The van der Waals surface area contributed by atoms with E-state index in [2.05, 4.69) is 10.9 Å². The molecule has 0 saturated carbocycles. The molecule has 0 atom stereocenters. The molecular weight excluding hydrogens is 407 g/mol. The lowest BCUT2D eigenvalue weighted by Gasteiger charge is -2.09. The molecule has 0 aliphatic rings. The number of amides is 1. The number of thiazole rings is 1. The van der Waals surface area contributed by atoms with Gasteiger partial charge in [0.05, 0.1) is 41.6 Å². The SMILES string of the molecule is C#CCn1c(=NC(=O)c2cccc(OC)c2OC)sc2cc(Cl)cc(Cl)c21. The van der Waals surface area contributed by atoms with Crippen LogP contribution in [-0.4, -0.2) is 24.7 Å². The van der Waals surface area contributed by atoms with Gasteiger partial charge in [0, 0.05) is 5.02 Å². The Morgan fingerprint density at radius 2 is 2.07 bits per heavy atom. The van der Waals surface area contributed by atoms with Crippen molar-refractivity contribution in [3.8, 4) is 23.8 Å². The number of fused-ring (bicyclic) bond motifs is 1. The lowest BCUT2D eigenvalue weighted by molar-refractivity contribution is 0.0994. The average Bonchev–Trinajstić information content (AvgIpc) is 2.98. The molecule has 27 heavy (non-hydrogen) atoms. The van der Waals surface area contributed by atoms with Gasteiger partial charge in [-0.15, -0.1) is 6.42 Å². The topological polar surface area (TPSA) is 52.8 Å². The highest BCUT2D eigenvalue weighted by Gasteiger charge is 2.17. The largest absolute Gasteiger partial charge is 0.493 e. The third kappa shape index (κ3) is 3.67. The van der Waals surface area contributed by atoms with Gasteiger partial charge < -0.3 is 14.0 Å². The number of para-hydroxylation sites is 1. The molecule has 0 aliphatic carbocycles. The fourth-order valence-electron chi connectivity index (χ4n) is 2.65. The number of hydrogen-bond donors (Lipinski definition) is 0. The van der Waals surface area contributed by atoms with E-state index >= 15 is 0 Å². The minimum Gasteiger partial charge on any atom is -0.493 e. The highest BCUT2D eigenvalue weighted by Crippen LogP contribution is 2.32. The maximum absolute atomic E-state index is 12.8. The molecular formula is C19H14Cl2N2O3S. The number of aromatic nitrogens is 1. The first-order valence-electron chi connectivity index (χ1n) is 7.72. The standard InChI is InChI=1S/C19H14Cl2N2O3S/c1-4-8-23-16-13(21)9-11(20)10-15(16)27-19(23)22-18(24)12-6-5-7-14(25-2)17(12)26-3/h1,5-7,9-10H,8H2,2-3H3. The average molecular weight is 421 g/mol. The second-order valence-electron chi connectivity index (χ2n) is 5.37. The maximum atomic E-state index is 12.8. The van der Waals surface area contributed by atoms with Gasteiger partial charge in [0.15, 0.2) is 16.3 Å². The van der Waals surface area contributed by atoms with E-state index in [1.54, 1.807) is 34.9 Å². The Balaban J connectivity index is 2.22. The molecule has 5 nitrogen and oxygen atoms in total. The molecule has 0 N–H and O–H groups in total. The van der Waals surface area contributed by atoms with E-state index in [-0.39, 0.29) is 12.1 Å². The van der Waals surface area contributed by atoms with Gasteiger partial charge in [-0.05, 0) is 24.3 Å². The van der Waals surface area contributed by atoms with E-state index in [1.807, 2.05) is 0 Å². The number of carbonyl (C=O) groups excluding carboxylic acids is 1. The van der Waals surface area contributed by atoms with Gasteiger partial charge in [-0.25, -0.2) is 0 Å². The molecule has 1 heterocycles. The van der Waals surface area contributed by atoms with Gasteiger partial charge in [0.25, 0.3) is 5.91 Å². The normalized spacial score (nSPS) is 11.4. The summed E-state index contributed by atoms with van der Waals surface area (Å²) in [6.07, 6.45) is 5.49. The minimum atomic E-state index is -0.481. The number of benzene rings is 2. The van der Waals surface area contributed by atoms with E-state index in [0.29, 0.717) is 31.9 Å². The lowest BCUT2D eigenvalue weighted by Crippen LogP contribution is -2.17. The van der Waals surface area contributed by atoms with Crippen molar-refractivity contribution in [2.75, 3.05) is 14.2 Å². The Bertz CT molecular complexity index is 1140. The number of methoxy groups -OCH3 is 2. The monoisotopic (exact) mass is 420 g/mol. The summed E-state index contributed by atoms with van der Waals surface area (Å²) in [5, 5.41) is 0.936. The molecule has 138 valence electrons. The van der Waals surface area contributed by atoms with Crippen LogP contribution in [0.1, 0.15) is 10.4 Å². The number of carbonyl (C=O) groups is 1. The second kappa shape index (κ2) is 8.05. The summed E-state index contributed by atoms with van der Waals surface area (Å²) >= 11 is 13.7. The van der Waals surface area contributed by atoms with Gasteiger partial charge in [0.2, 0.25) is 0 Å². The maximum Gasteiger partial charge on any atom is 0.283 e. The van der Waals surface area contributed by atoms with Crippen LogP contribution in [0.15, 0.2) is 35.3 Å². The van der Waals surface area contributed by atoms with Crippen LogP contribution < -0.4 is 14.3 Å². The molecule has 0 radical (unpaired) electrons. The highest BCUT2D eigenvalue weighted by atomic mass is 35.5. The third-order valence-electron chi connectivity index (χ3n) is 3.78. The van der Waals surface area contributed by atoms with Crippen LogP contribution >= 0.6 is 34.5 Å². The molecule has 0 unspecified atom stereocenters. The first kappa shape index (κ1) is 19.3. The Morgan fingerprint density at radius 3 is 2.74 bits per heavy atom.